The number of benzene rings is 2. The number of thiocarbonyl (C=S) groups is 1. The molecule has 2 fully saturated rings. The van der Waals surface area contributed by atoms with Gasteiger partial charge in [-0.25, -0.2) is 4.68 Å². The third kappa shape index (κ3) is 4.31. The molecule has 0 saturated carbocycles. The van der Waals surface area contributed by atoms with Crippen LogP contribution in [0.5, 0.6) is 0 Å². The maximum atomic E-state index is 6.49. The third-order valence-corrected chi connectivity index (χ3v) is 6.78. The van der Waals surface area contributed by atoms with Crippen molar-refractivity contribution in [2.75, 3.05) is 12.4 Å². The van der Waals surface area contributed by atoms with Crippen molar-refractivity contribution in [3.63, 3.8) is 0 Å². The lowest BCUT2D eigenvalue weighted by atomic mass is 10.0. The van der Waals surface area contributed by atoms with Crippen LogP contribution in [0.15, 0.2) is 71.8 Å². The Hall–Kier alpha value is -3.91. The predicted molar refractivity (Wildman–Crippen MR) is 145 cm³/mol. The smallest absolute Gasteiger partial charge is 0.270 e. The van der Waals surface area contributed by atoms with E-state index in [0.717, 1.165) is 22.5 Å². The van der Waals surface area contributed by atoms with E-state index in [9.17, 15) is 0 Å². The van der Waals surface area contributed by atoms with Crippen LogP contribution in [0.3, 0.4) is 0 Å². The maximum absolute atomic E-state index is 6.49. The Labute approximate surface area is 222 Å². The number of aromatic nitrogens is 5. The Bertz CT molecular complexity index is 1550. The summed E-state index contributed by atoms with van der Waals surface area (Å²) in [5, 5.41) is 14.0. The molecule has 188 valence electrons. The van der Waals surface area contributed by atoms with Gasteiger partial charge in [-0.05, 0) is 30.5 Å². The number of fused-ring (bicyclic) bond motifs is 2. The molecule has 2 aromatic heterocycles. The lowest BCUT2D eigenvalue weighted by molar-refractivity contribution is -0.0323. The summed E-state index contributed by atoms with van der Waals surface area (Å²) in [6.07, 6.45) is -0.370. The van der Waals surface area contributed by atoms with Gasteiger partial charge in [0.1, 0.15) is 6.10 Å². The summed E-state index contributed by atoms with van der Waals surface area (Å²) in [7, 11) is 0. The van der Waals surface area contributed by atoms with Crippen LogP contribution in [0.2, 0.25) is 0 Å². The van der Waals surface area contributed by atoms with Crippen molar-refractivity contribution >= 4 is 35.3 Å². The molecule has 6 rings (SSSR count). The molecule has 3 unspecified atom stereocenters. The van der Waals surface area contributed by atoms with E-state index in [2.05, 4.69) is 10.5 Å². The van der Waals surface area contributed by atoms with Crippen molar-refractivity contribution in [3.05, 3.63) is 71.5 Å². The van der Waals surface area contributed by atoms with Crippen molar-refractivity contribution in [1.82, 2.24) is 29.7 Å². The zero-order valence-corrected chi connectivity index (χ0v) is 21.1. The zero-order chi connectivity index (χ0) is 25.5. The van der Waals surface area contributed by atoms with Crippen LogP contribution in [-0.2, 0) is 9.47 Å². The summed E-state index contributed by atoms with van der Waals surface area (Å²) in [6, 6.07) is 21.6. The number of hydrazone groups is 1. The van der Waals surface area contributed by atoms with Gasteiger partial charge in [0.25, 0.3) is 5.95 Å². The molecule has 3 atom stereocenters. The van der Waals surface area contributed by atoms with E-state index in [1.165, 1.54) is 4.68 Å². The fourth-order valence-corrected chi connectivity index (χ4v) is 4.85. The number of nitrogens with zero attached hydrogens (tertiary/aromatic N) is 6. The molecule has 2 bridgehead atoms. The first-order chi connectivity index (χ1) is 18.0. The first kappa shape index (κ1) is 23.5. The molecule has 5 N–H and O–H groups in total. The molecular formula is C24H23N9O2S2. The SMILES string of the molecule is NC(=S)N/N=C1\CC(n2nc(-n3nc(-c4ccccc4)cc3-c3ccccc3)n(N)c2=S)C2COC1O2. The highest BCUT2D eigenvalue weighted by molar-refractivity contribution is 7.80. The number of ether oxygens (including phenoxy) is 2. The predicted octanol–water partition coefficient (Wildman–Crippen LogP) is 2.52. The Morgan fingerprint density at radius 3 is 2.46 bits per heavy atom. The summed E-state index contributed by atoms with van der Waals surface area (Å²) in [5.74, 6) is 6.85. The maximum Gasteiger partial charge on any atom is 0.270 e. The van der Waals surface area contributed by atoms with Crippen LogP contribution in [0.25, 0.3) is 28.5 Å². The van der Waals surface area contributed by atoms with Crippen LogP contribution >= 0.6 is 24.4 Å². The number of hydrogen-bond donors (Lipinski definition) is 3. The topological polar surface area (TPSA) is 135 Å². The summed E-state index contributed by atoms with van der Waals surface area (Å²) >= 11 is 10.6. The normalized spacial score (nSPS) is 21.8. The van der Waals surface area contributed by atoms with Crippen molar-refractivity contribution < 1.29 is 9.47 Å². The molecule has 0 amide bonds. The first-order valence-electron chi connectivity index (χ1n) is 11.6. The van der Waals surface area contributed by atoms with Gasteiger partial charge in [0.05, 0.1) is 29.7 Å². The van der Waals surface area contributed by atoms with Gasteiger partial charge in [-0.15, -0.1) is 5.10 Å². The fourth-order valence-electron chi connectivity index (χ4n) is 4.55. The molecule has 11 nitrogen and oxygen atoms in total. The van der Waals surface area contributed by atoms with Gasteiger partial charge in [0, 0.05) is 17.5 Å². The van der Waals surface area contributed by atoms with Crippen LogP contribution < -0.4 is 17.0 Å². The lowest BCUT2D eigenvalue weighted by Crippen LogP contribution is -2.39. The Morgan fingerprint density at radius 2 is 1.76 bits per heavy atom. The molecule has 0 radical (unpaired) electrons. The Balaban J connectivity index is 1.44. The molecule has 37 heavy (non-hydrogen) atoms. The monoisotopic (exact) mass is 533 g/mol. The van der Waals surface area contributed by atoms with Crippen LogP contribution in [0.4, 0.5) is 0 Å². The van der Waals surface area contributed by atoms with Crippen molar-refractivity contribution in [1.29, 1.82) is 0 Å². The van der Waals surface area contributed by atoms with Crippen LogP contribution in [0, 0.1) is 4.77 Å². The molecule has 2 aliphatic heterocycles. The second-order valence-electron chi connectivity index (χ2n) is 8.65. The van der Waals surface area contributed by atoms with Gasteiger partial charge < -0.3 is 21.1 Å². The van der Waals surface area contributed by atoms with E-state index in [1.807, 2.05) is 66.7 Å². The zero-order valence-electron chi connectivity index (χ0n) is 19.5. The van der Waals surface area contributed by atoms with Crippen molar-refractivity contribution in [2.24, 2.45) is 10.8 Å². The van der Waals surface area contributed by atoms with Crippen molar-refractivity contribution in [3.8, 4) is 28.5 Å². The summed E-state index contributed by atoms with van der Waals surface area (Å²) in [5.41, 5.74) is 12.3. The molecule has 4 aromatic rings. The van der Waals surface area contributed by atoms with Crippen molar-refractivity contribution in [2.45, 2.75) is 24.9 Å². The number of nitrogen functional groups attached to an aromatic ring is 1. The lowest BCUT2D eigenvalue weighted by Gasteiger charge is -2.28. The number of nitrogens with two attached hydrogens (primary N) is 2. The quantitative estimate of drug-likeness (QED) is 0.201. The molecule has 13 heteroatoms. The van der Waals surface area contributed by atoms with E-state index < -0.39 is 6.29 Å². The van der Waals surface area contributed by atoms with Gasteiger partial charge in [0.15, 0.2) is 11.4 Å². The van der Waals surface area contributed by atoms with Gasteiger partial charge >= 0.3 is 0 Å². The summed E-state index contributed by atoms with van der Waals surface area (Å²) in [4.78, 5) is 0. The minimum Gasteiger partial charge on any atom is -0.375 e. The minimum atomic E-state index is -0.569. The standard InChI is InChI=1S/C24H23N9O2S2/c25-22(36)28-27-17-12-19(20-13-34-21(17)35-20)33-24(37)31(26)23(30-33)32-18(15-9-5-2-6-10-15)11-16(29-32)14-7-3-1-4-8-14/h1-11,19-21H,12-13,26H2,(H3,25,28,36)/b27-17+. The average molecular weight is 534 g/mol. The highest BCUT2D eigenvalue weighted by atomic mass is 32.1. The minimum absolute atomic E-state index is 0.0515. The fraction of sp³-hybridized carbons (Fsp3) is 0.208. The van der Waals surface area contributed by atoms with Gasteiger partial charge in [-0.2, -0.15) is 19.6 Å². The highest BCUT2D eigenvalue weighted by Crippen LogP contribution is 2.34. The second-order valence-corrected chi connectivity index (χ2v) is 9.45. The van der Waals surface area contributed by atoms with Crippen LogP contribution in [0.1, 0.15) is 12.5 Å². The van der Waals surface area contributed by atoms with Gasteiger partial charge in [0.2, 0.25) is 4.77 Å². The Kier molecular flexibility index (Phi) is 6.04. The average Bonchev–Trinajstić information content (AvgIpc) is 3.62. The molecule has 0 aliphatic carbocycles. The summed E-state index contributed by atoms with van der Waals surface area (Å²) in [6.45, 7) is 0.366. The largest absolute Gasteiger partial charge is 0.375 e. The third-order valence-electron chi connectivity index (χ3n) is 6.31. The number of hydrogen-bond acceptors (Lipinski definition) is 8. The van der Waals surface area contributed by atoms with E-state index >= 15 is 0 Å². The van der Waals surface area contributed by atoms with Crippen LogP contribution in [-0.4, -0.2) is 54.1 Å². The first-order valence-corrected chi connectivity index (χ1v) is 12.4. The van der Waals surface area contributed by atoms with E-state index in [-0.39, 0.29) is 17.3 Å². The van der Waals surface area contributed by atoms with E-state index in [0.29, 0.717) is 29.5 Å². The van der Waals surface area contributed by atoms with E-state index in [4.69, 9.17) is 55.7 Å². The van der Waals surface area contributed by atoms with Gasteiger partial charge in [-0.3, -0.25) is 5.43 Å². The second kappa shape index (κ2) is 9.52. The highest BCUT2D eigenvalue weighted by Gasteiger charge is 2.44. The van der Waals surface area contributed by atoms with E-state index in [1.54, 1.807) is 9.36 Å². The number of nitrogens with one attached hydrogen (secondary N) is 1. The van der Waals surface area contributed by atoms with Gasteiger partial charge in [-0.1, -0.05) is 60.7 Å². The molecule has 2 aliphatic rings. The molecule has 0 spiro atoms. The molecule has 2 saturated heterocycles. The molecule has 2 aromatic carbocycles. The molecule has 4 heterocycles. The Morgan fingerprint density at radius 1 is 1.05 bits per heavy atom. The summed E-state index contributed by atoms with van der Waals surface area (Å²) < 4.78 is 16.8. The molecular weight excluding hydrogens is 510 g/mol. The number of rotatable bonds is 5.